The van der Waals surface area contributed by atoms with Gasteiger partial charge in [0, 0.05) is 5.56 Å². The van der Waals surface area contributed by atoms with Crippen molar-refractivity contribution < 1.29 is 9.18 Å². The highest BCUT2D eigenvalue weighted by atomic mass is 19.1. The zero-order valence-corrected chi connectivity index (χ0v) is 7.04. The Kier molecular flexibility index (Phi) is 2.83. The van der Waals surface area contributed by atoms with Crippen LogP contribution in [0.4, 0.5) is 4.39 Å². The van der Waals surface area contributed by atoms with Gasteiger partial charge in [0.1, 0.15) is 5.82 Å². The van der Waals surface area contributed by atoms with Crippen molar-refractivity contribution in [1.82, 2.24) is 0 Å². The average molecular weight is 188 g/mol. The Hall–Kier alpha value is -2.33. The number of hydrogen-bond donors (Lipinski definition) is 1. The lowest BCUT2D eigenvalue weighted by molar-refractivity contribution is -0.112. The molecule has 0 aliphatic carbocycles. The van der Waals surface area contributed by atoms with E-state index in [2.05, 4.69) is 11.8 Å². The Morgan fingerprint density at radius 3 is 2.57 bits per heavy atom. The first-order valence-corrected chi connectivity index (χ1v) is 3.64. The summed E-state index contributed by atoms with van der Waals surface area (Å²) in [5.74, 6) is 3.03. The molecular formula is C10H5FN2O. The molecule has 1 aromatic carbocycles. The van der Waals surface area contributed by atoms with Crippen molar-refractivity contribution >= 4 is 5.91 Å². The lowest BCUT2D eigenvalue weighted by Gasteiger charge is -1.92. The summed E-state index contributed by atoms with van der Waals surface area (Å²) in [6.07, 6.45) is 0. The van der Waals surface area contributed by atoms with E-state index >= 15 is 0 Å². The van der Waals surface area contributed by atoms with Crippen LogP contribution >= 0.6 is 0 Å². The van der Waals surface area contributed by atoms with Crippen molar-refractivity contribution in [3.05, 3.63) is 35.1 Å². The zero-order valence-electron chi connectivity index (χ0n) is 7.04. The number of rotatable bonds is 0. The fourth-order valence-electron chi connectivity index (χ4n) is 0.860. The molecule has 1 rings (SSSR count). The maximum absolute atomic E-state index is 12.8. The van der Waals surface area contributed by atoms with Crippen LogP contribution in [0.2, 0.25) is 0 Å². The van der Waals surface area contributed by atoms with Crippen molar-refractivity contribution in [3.8, 4) is 17.9 Å². The molecule has 0 saturated heterocycles. The van der Waals surface area contributed by atoms with Gasteiger partial charge in [-0.15, -0.1) is 0 Å². The fraction of sp³-hybridized carbons (Fsp3) is 0. The molecule has 1 amide bonds. The number of carbonyl (C=O) groups is 1. The molecule has 68 valence electrons. The number of hydrogen-bond acceptors (Lipinski definition) is 2. The standard InChI is InChI=1S/C10H5FN2O/c11-9-4-7(1-2-10(13)14)3-8(5-9)6-12/h3-5H,(H2,13,14). The van der Waals surface area contributed by atoms with E-state index in [0.717, 1.165) is 12.1 Å². The molecule has 0 atom stereocenters. The molecule has 2 N–H and O–H groups in total. The van der Waals surface area contributed by atoms with Crippen LogP contribution in [-0.4, -0.2) is 5.91 Å². The molecular weight excluding hydrogens is 183 g/mol. The summed E-state index contributed by atoms with van der Waals surface area (Å²) in [4.78, 5) is 10.3. The van der Waals surface area contributed by atoms with Gasteiger partial charge in [0.25, 0.3) is 5.91 Å². The Morgan fingerprint density at radius 2 is 2.00 bits per heavy atom. The van der Waals surface area contributed by atoms with Gasteiger partial charge >= 0.3 is 0 Å². The first-order chi connectivity index (χ1) is 6.61. The van der Waals surface area contributed by atoms with Gasteiger partial charge in [-0.3, -0.25) is 4.79 Å². The second-order valence-electron chi connectivity index (χ2n) is 2.45. The summed E-state index contributed by atoms with van der Waals surface area (Å²) in [6.45, 7) is 0. The molecule has 0 bridgehead atoms. The fourth-order valence-corrected chi connectivity index (χ4v) is 0.860. The van der Waals surface area contributed by atoms with E-state index in [4.69, 9.17) is 11.0 Å². The number of nitriles is 1. The number of primary amides is 1. The lowest BCUT2D eigenvalue weighted by Crippen LogP contribution is -2.06. The average Bonchev–Trinajstić information content (AvgIpc) is 2.14. The van der Waals surface area contributed by atoms with E-state index in [0.29, 0.717) is 0 Å². The van der Waals surface area contributed by atoms with Crippen molar-refractivity contribution in [2.75, 3.05) is 0 Å². The zero-order chi connectivity index (χ0) is 10.6. The predicted molar refractivity (Wildman–Crippen MR) is 47.2 cm³/mol. The highest BCUT2D eigenvalue weighted by Crippen LogP contribution is 2.06. The Morgan fingerprint density at radius 1 is 1.36 bits per heavy atom. The van der Waals surface area contributed by atoms with E-state index in [1.54, 1.807) is 6.07 Å². The van der Waals surface area contributed by atoms with Gasteiger partial charge < -0.3 is 5.73 Å². The molecule has 1 aromatic rings. The SMILES string of the molecule is N#Cc1cc(F)cc(C#CC(N)=O)c1. The minimum absolute atomic E-state index is 0.152. The van der Waals surface area contributed by atoms with Crippen molar-refractivity contribution in [3.63, 3.8) is 0 Å². The third-order valence-electron chi connectivity index (χ3n) is 1.36. The molecule has 0 fully saturated rings. The molecule has 0 saturated carbocycles. The molecule has 14 heavy (non-hydrogen) atoms. The summed E-state index contributed by atoms with van der Waals surface area (Å²) < 4.78 is 12.8. The van der Waals surface area contributed by atoms with Crippen LogP contribution in [0.15, 0.2) is 18.2 Å². The van der Waals surface area contributed by atoms with Crippen LogP contribution in [-0.2, 0) is 4.79 Å². The Balaban J connectivity index is 3.13. The molecule has 0 aromatic heterocycles. The van der Waals surface area contributed by atoms with Crippen molar-refractivity contribution in [2.45, 2.75) is 0 Å². The van der Waals surface area contributed by atoms with E-state index < -0.39 is 11.7 Å². The maximum Gasteiger partial charge on any atom is 0.293 e. The predicted octanol–water partition coefficient (Wildman–Crippen LogP) is 0.534. The minimum atomic E-state index is -0.798. The number of amides is 1. The van der Waals surface area contributed by atoms with Crippen LogP contribution in [0.25, 0.3) is 0 Å². The highest BCUT2D eigenvalue weighted by Gasteiger charge is 1.97. The van der Waals surface area contributed by atoms with Crippen LogP contribution in [0, 0.1) is 29.0 Å². The van der Waals surface area contributed by atoms with Gasteiger partial charge in [-0.1, -0.05) is 5.92 Å². The maximum atomic E-state index is 12.8. The molecule has 0 heterocycles. The van der Waals surface area contributed by atoms with Gasteiger partial charge in [0.15, 0.2) is 0 Å². The van der Waals surface area contributed by atoms with Gasteiger partial charge in [0.2, 0.25) is 0 Å². The van der Waals surface area contributed by atoms with Crippen LogP contribution in [0.3, 0.4) is 0 Å². The third-order valence-corrected chi connectivity index (χ3v) is 1.36. The van der Waals surface area contributed by atoms with Crippen LogP contribution in [0.5, 0.6) is 0 Å². The Bertz CT molecular complexity index is 477. The van der Waals surface area contributed by atoms with E-state index in [9.17, 15) is 9.18 Å². The number of nitrogens with two attached hydrogens (primary N) is 1. The summed E-state index contributed by atoms with van der Waals surface area (Å²) in [5, 5.41) is 8.51. The third kappa shape index (κ3) is 2.62. The van der Waals surface area contributed by atoms with Crippen LogP contribution in [0.1, 0.15) is 11.1 Å². The van der Waals surface area contributed by atoms with Gasteiger partial charge in [0.05, 0.1) is 11.6 Å². The number of nitrogens with zero attached hydrogens (tertiary/aromatic N) is 1. The molecule has 0 radical (unpaired) electrons. The topological polar surface area (TPSA) is 66.9 Å². The Labute approximate surface area is 79.9 Å². The molecule has 4 heteroatoms. The van der Waals surface area contributed by atoms with Gasteiger partial charge in [-0.25, -0.2) is 4.39 Å². The first-order valence-electron chi connectivity index (χ1n) is 3.64. The number of carbonyl (C=O) groups excluding carboxylic acids is 1. The highest BCUT2D eigenvalue weighted by molar-refractivity contribution is 5.92. The van der Waals surface area contributed by atoms with Crippen LogP contribution < -0.4 is 5.73 Å². The molecule has 0 spiro atoms. The molecule has 3 nitrogen and oxygen atoms in total. The van der Waals surface area contributed by atoms with E-state index in [-0.39, 0.29) is 11.1 Å². The van der Waals surface area contributed by atoms with E-state index in [1.165, 1.54) is 6.07 Å². The minimum Gasteiger partial charge on any atom is -0.359 e. The number of halogens is 1. The van der Waals surface area contributed by atoms with Gasteiger partial charge in [-0.05, 0) is 24.1 Å². The molecule has 0 unspecified atom stereocenters. The second-order valence-corrected chi connectivity index (χ2v) is 2.45. The molecule has 0 aliphatic heterocycles. The van der Waals surface area contributed by atoms with E-state index in [1.807, 2.05) is 0 Å². The summed E-state index contributed by atoms with van der Waals surface area (Å²) in [6, 6.07) is 5.35. The summed E-state index contributed by atoms with van der Waals surface area (Å²) >= 11 is 0. The van der Waals surface area contributed by atoms with Crippen molar-refractivity contribution in [2.24, 2.45) is 5.73 Å². The quantitative estimate of drug-likeness (QED) is 0.603. The molecule has 0 aliphatic rings. The number of benzene rings is 1. The first kappa shape index (κ1) is 9.76. The lowest BCUT2D eigenvalue weighted by atomic mass is 10.1. The smallest absolute Gasteiger partial charge is 0.293 e. The monoisotopic (exact) mass is 188 g/mol. The normalized spacial score (nSPS) is 8.29. The second kappa shape index (κ2) is 4.06. The summed E-state index contributed by atoms with van der Waals surface area (Å²) in [5.41, 5.74) is 5.18. The summed E-state index contributed by atoms with van der Waals surface area (Å²) in [7, 11) is 0. The van der Waals surface area contributed by atoms with Crippen molar-refractivity contribution in [1.29, 1.82) is 5.26 Å². The largest absolute Gasteiger partial charge is 0.359 e. The van der Waals surface area contributed by atoms with Gasteiger partial charge in [-0.2, -0.15) is 5.26 Å².